The summed E-state index contributed by atoms with van der Waals surface area (Å²) in [6, 6.07) is 0. The first-order chi connectivity index (χ1) is 11.8. The van der Waals surface area contributed by atoms with Crippen molar-refractivity contribution in [3.63, 3.8) is 0 Å². The molecule has 25 heavy (non-hydrogen) atoms. The van der Waals surface area contributed by atoms with Gasteiger partial charge in [-0.25, -0.2) is 0 Å². The number of aldehydes is 1. The van der Waals surface area contributed by atoms with Crippen LogP contribution in [0.3, 0.4) is 0 Å². The van der Waals surface area contributed by atoms with Crippen molar-refractivity contribution in [3.8, 4) is 0 Å². The standard InChI is InChI=1S/C21H32O4/c1-13(11-22)15-5-6-20(2)7-8-21(3)16(19(15)20)10-17(25-4)14(12-23)9-18(21)24/h9,12-13,16-18,22,24H,5-8,10-11H2,1-4H3. The molecule has 0 bridgehead atoms. The van der Waals surface area contributed by atoms with E-state index in [2.05, 4.69) is 20.8 Å². The highest BCUT2D eigenvalue weighted by Gasteiger charge is 2.55. The number of ether oxygens (including phenoxy) is 1. The van der Waals surface area contributed by atoms with E-state index in [0.29, 0.717) is 5.57 Å². The summed E-state index contributed by atoms with van der Waals surface area (Å²) in [6.07, 6.45) is 6.49. The van der Waals surface area contributed by atoms with E-state index in [9.17, 15) is 15.0 Å². The van der Waals surface area contributed by atoms with Gasteiger partial charge in [0.05, 0.1) is 12.2 Å². The number of carbonyl (C=O) groups excluding carboxylic acids is 1. The second-order valence-corrected chi connectivity index (χ2v) is 8.83. The normalized spacial score (nSPS) is 42.3. The summed E-state index contributed by atoms with van der Waals surface area (Å²) in [7, 11) is 1.64. The maximum atomic E-state index is 11.5. The number of fused-ring (bicyclic) bond motifs is 3. The molecule has 1 saturated carbocycles. The van der Waals surface area contributed by atoms with Crippen molar-refractivity contribution in [1.82, 2.24) is 0 Å². The molecule has 0 spiro atoms. The highest BCUT2D eigenvalue weighted by atomic mass is 16.5. The molecule has 6 unspecified atom stereocenters. The van der Waals surface area contributed by atoms with Crippen molar-refractivity contribution in [2.45, 2.75) is 65.1 Å². The van der Waals surface area contributed by atoms with Crippen molar-refractivity contribution in [2.24, 2.45) is 22.7 Å². The first-order valence-corrected chi connectivity index (χ1v) is 9.52. The predicted molar refractivity (Wildman–Crippen MR) is 97.0 cm³/mol. The highest BCUT2D eigenvalue weighted by Crippen LogP contribution is 2.63. The summed E-state index contributed by atoms with van der Waals surface area (Å²) in [5.74, 6) is 0.325. The minimum absolute atomic E-state index is 0.145. The molecule has 0 aliphatic heterocycles. The lowest BCUT2D eigenvalue weighted by Crippen LogP contribution is -2.46. The van der Waals surface area contributed by atoms with E-state index in [1.54, 1.807) is 13.2 Å². The Morgan fingerprint density at radius 2 is 2.08 bits per heavy atom. The quantitative estimate of drug-likeness (QED) is 0.605. The summed E-state index contributed by atoms with van der Waals surface area (Å²) in [6.45, 7) is 6.75. The summed E-state index contributed by atoms with van der Waals surface area (Å²) >= 11 is 0. The Kier molecular flexibility index (Phi) is 5.00. The maximum absolute atomic E-state index is 11.5. The van der Waals surface area contributed by atoms with E-state index in [-0.39, 0.29) is 35.4 Å². The van der Waals surface area contributed by atoms with Crippen LogP contribution in [0.5, 0.6) is 0 Å². The average molecular weight is 348 g/mol. The lowest BCUT2D eigenvalue weighted by molar-refractivity contribution is -0.106. The van der Waals surface area contributed by atoms with Gasteiger partial charge in [0.25, 0.3) is 0 Å². The van der Waals surface area contributed by atoms with Crippen LogP contribution in [0.1, 0.15) is 52.9 Å². The van der Waals surface area contributed by atoms with Crippen LogP contribution >= 0.6 is 0 Å². The molecular formula is C21H32O4. The predicted octanol–water partition coefficient (Wildman–Crippen LogP) is 3.03. The summed E-state index contributed by atoms with van der Waals surface area (Å²) in [5, 5.41) is 20.7. The maximum Gasteiger partial charge on any atom is 0.148 e. The zero-order chi connectivity index (χ0) is 18.4. The third kappa shape index (κ3) is 2.83. The Labute approximate surface area is 151 Å². The molecule has 3 aliphatic rings. The van der Waals surface area contributed by atoms with Gasteiger partial charge in [0.1, 0.15) is 6.29 Å². The molecule has 3 rings (SSSR count). The molecule has 0 aromatic carbocycles. The monoisotopic (exact) mass is 348 g/mol. The summed E-state index contributed by atoms with van der Waals surface area (Å²) in [4.78, 5) is 11.5. The Morgan fingerprint density at radius 1 is 1.36 bits per heavy atom. The van der Waals surface area contributed by atoms with Crippen LogP contribution in [0.2, 0.25) is 0 Å². The van der Waals surface area contributed by atoms with E-state index in [0.717, 1.165) is 38.4 Å². The zero-order valence-corrected chi connectivity index (χ0v) is 15.9. The Morgan fingerprint density at radius 3 is 2.68 bits per heavy atom. The van der Waals surface area contributed by atoms with Crippen LogP contribution in [0, 0.1) is 22.7 Å². The van der Waals surface area contributed by atoms with E-state index < -0.39 is 6.10 Å². The van der Waals surface area contributed by atoms with E-state index >= 15 is 0 Å². The van der Waals surface area contributed by atoms with Crippen LogP contribution in [-0.2, 0) is 9.53 Å². The fourth-order valence-electron chi connectivity index (χ4n) is 5.56. The van der Waals surface area contributed by atoms with Gasteiger partial charge in [0.15, 0.2) is 0 Å². The molecule has 0 aromatic heterocycles. The third-order valence-corrected chi connectivity index (χ3v) is 7.44. The summed E-state index contributed by atoms with van der Waals surface area (Å²) < 4.78 is 5.64. The van der Waals surface area contributed by atoms with Crippen molar-refractivity contribution >= 4 is 6.29 Å². The molecule has 2 N–H and O–H groups in total. The second-order valence-electron chi connectivity index (χ2n) is 8.83. The lowest BCUT2D eigenvalue weighted by atomic mass is 9.54. The third-order valence-electron chi connectivity index (χ3n) is 7.44. The molecule has 0 saturated heterocycles. The van der Waals surface area contributed by atoms with Gasteiger partial charge in [-0.1, -0.05) is 31.9 Å². The number of rotatable bonds is 4. The van der Waals surface area contributed by atoms with Gasteiger partial charge < -0.3 is 14.9 Å². The Hall–Kier alpha value is -0.970. The average Bonchev–Trinajstić information content (AvgIpc) is 2.91. The minimum Gasteiger partial charge on any atom is -0.396 e. The molecule has 4 nitrogen and oxygen atoms in total. The van der Waals surface area contributed by atoms with Crippen molar-refractivity contribution in [2.75, 3.05) is 13.7 Å². The van der Waals surface area contributed by atoms with Gasteiger partial charge in [-0.15, -0.1) is 0 Å². The first kappa shape index (κ1) is 18.8. The van der Waals surface area contributed by atoms with Gasteiger partial charge in [-0.05, 0) is 49.5 Å². The number of carbonyl (C=O) groups is 1. The van der Waals surface area contributed by atoms with Crippen LogP contribution in [0.15, 0.2) is 22.8 Å². The van der Waals surface area contributed by atoms with Gasteiger partial charge in [0, 0.05) is 30.6 Å². The molecule has 6 atom stereocenters. The van der Waals surface area contributed by atoms with Crippen LogP contribution in [-0.4, -0.2) is 42.4 Å². The number of aliphatic hydroxyl groups excluding tert-OH is 2. The largest absolute Gasteiger partial charge is 0.396 e. The van der Waals surface area contributed by atoms with Gasteiger partial charge in [-0.3, -0.25) is 4.79 Å². The van der Waals surface area contributed by atoms with Gasteiger partial charge in [0.2, 0.25) is 0 Å². The van der Waals surface area contributed by atoms with E-state index in [1.807, 2.05) is 0 Å². The number of hydrogen-bond acceptors (Lipinski definition) is 4. The number of allylic oxidation sites excluding steroid dienone is 1. The molecule has 0 radical (unpaired) electrons. The Bertz CT molecular complexity index is 607. The van der Waals surface area contributed by atoms with Crippen molar-refractivity contribution in [3.05, 3.63) is 22.8 Å². The zero-order valence-electron chi connectivity index (χ0n) is 15.9. The van der Waals surface area contributed by atoms with Crippen LogP contribution in [0.4, 0.5) is 0 Å². The SMILES string of the molecule is COC1CC2C3=C(C(C)CO)CCC3(C)CCC2(C)C(O)C=C1C=O. The van der Waals surface area contributed by atoms with Crippen molar-refractivity contribution < 1.29 is 19.7 Å². The first-order valence-electron chi connectivity index (χ1n) is 9.52. The molecule has 3 aliphatic carbocycles. The van der Waals surface area contributed by atoms with Crippen molar-refractivity contribution in [1.29, 1.82) is 0 Å². The molecule has 0 aromatic rings. The number of methoxy groups -OCH3 is 1. The van der Waals surface area contributed by atoms with E-state index in [1.165, 1.54) is 11.1 Å². The number of aliphatic hydroxyl groups is 2. The van der Waals surface area contributed by atoms with Crippen LogP contribution < -0.4 is 0 Å². The smallest absolute Gasteiger partial charge is 0.148 e. The fourth-order valence-corrected chi connectivity index (χ4v) is 5.56. The van der Waals surface area contributed by atoms with Gasteiger partial charge in [-0.2, -0.15) is 0 Å². The summed E-state index contributed by atoms with van der Waals surface area (Å²) in [5.41, 5.74) is 3.22. The van der Waals surface area contributed by atoms with E-state index in [4.69, 9.17) is 4.74 Å². The molecule has 1 fully saturated rings. The fraction of sp³-hybridized carbons (Fsp3) is 0.762. The minimum atomic E-state index is -0.652. The molecule has 0 heterocycles. The lowest BCUT2D eigenvalue weighted by Gasteiger charge is -2.51. The second kappa shape index (κ2) is 6.64. The van der Waals surface area contributed by atoms with Crippen LogP contribution in [0.25, 0.3) is 0 Å². The molecule has 140 valence electrons. The molecular weight excluding hydrogens is 316 g/mol. The van der Waals surface area contributed by atoms with Gasteiger partial charge >= 0.3 is 0 Å². The highest BCUT2D eigenvalue weighted by molar-refractivity contribution is 5.75. The number of hydrogen-bond donors (Lipinski definition) is 2. The molecule has 0 amide bonds. The topological polar surface area (TPSA) is 66.8 Å². The molecule has 4 heteroatoms. The Balaban J connectivity index is 2.13.